The Morgan fingerprint density at radius 3 is 2.63 bits per heavy atom. The van der Waals surface area contributed by atoms with Crippen molar-refractivity contribution in [2.45, 2.75) is 63.4 Å². The lowest BCUT2D eigenvalue weighted by Gasteiger charge is -2.25. The van der Waals surface area contributed by atoms with Crippen LogP contribution in [-0.2, 0) is 27.7 Å². The first-order valence-corrected chi connectivity index (χ1v) is 14.0. The van der Waals surface area contributed by atoms with Crippen molar-refractivity contribution in [3.63, 3.8) is 0 Å². The number of fused-ring (bicyclic) bond motifs is 1. The summed E-state index contributed by atoms with van der Waals surface area (Å²) in [6.07, 6.45) is 7.12. The van der Waals surface area contributed by atoms with Gasteiger partial charge in [-0.3, -0.25) is 9.59 Å². The molecule has 0 saturated carbocycles. The first kappa shape index (κ1) is 27.3. The van der Waals surface area contributed by atoms with Crippen LogP contribution in [0.4, 0.5) is 5.82 Å². The molecule has 0 radical (unpaired) electrons. The van der Waals surface area contributed by atoms with Crippen molar-refractivity contribution < 1.29 is 23.1 Å². The number of hydrogen-bond donors (Lipinski definition) is 5. The number of amides is 1. The van der Waals surface area contributed by atoms with Gasteiger partial charge in [0.2, 0.25) is 10.0 Å². The highest BCUT2D eigenvalue weighted by Crippen LogP contribution is 2.24. The number of H-pyrrole nitrogens is 1. The first-order valence-electron chi connectivity index (χ1n) is 12.5. The van der Waals surface area contributed by atoms with Crippen LogP contribution in [0.5, 0.6) is 0 Å². The van der Waals surface area contributed by atoms with Crippen LogP contribution in [0.15, 0.2) is 47.6 Å². The van der Waals surface area contributed by atoms with Gasteiger partial charge in [0.1, 0.15) is 17.6 Å². The molecule has 3 heterocycles. The van der Waals surface area contributed by atoms with Gasteiger partial charge >= 0.3 is 5.97 Å². The fourth-order valence-corrected chi connectivity index (χ4v) is 6.59. The van der Waals surface area contributed by atoms with E-state index in [4.69, 9.17) is 0 Å². The Morgan fingerprint density at radius 2 is 1.92 bits per heavy atom. The average Bonchev–Trinajstić information content (AvgIpc) is 3.33. The number of aromatic amines is 1. The fourth-order valence-electron chi connectivity index (χ4n) is 4.94. The smallest absolute Gasteiger partial charge is 0.323 e. The minimum atomic E-state index is -4.13. The lowest BCUT2D eigenvalue weighted by Crippen LogP contribution is -2.48. The monoisotopic (exact) mass is 539 g/mol. The molecule has 1 aromatic carbocycles. The van der Waals surface area contributed by atoms with Crippen LogP contribution < -0.4 is 15.4 Å². The Labute approximate surface area is 222 Å². The lowest BCUT2D eigenvalue weighted by molar-refractivity contribution is -0.138. The van der Waals surface area contributed by atoms with Gasteiger partial charge in [-0.15, -0.1) is 0 Å². The molecule has 202 valence electrons. The third-order valence-electron chi connectivity index (χ3n) is 6.70. The molecule has 2 atom stereocenters. The molecular weight excluding hydrogens is 506 g/mol. The van der Waals surface area contributed by atoms with Gasteiger partial charge in [-0.05, 0) is 80.8 Å². The van der Waals surface area contributed by atoms with Crippen LogP contribution in [0, 0.1) is 20.8 Å². The third kappa shape index (κ3) is 6.40. The van der Waals surface area contributed by atoms with E-state index in [1.807, 2.05) is 13.0 Å². The average molecular weight is 540 g/mol. The number of nitrogens with zero attached hydrogens (tertiary/aromatic N) is 1. The maximum absolute atomic E-state index is 13.0. The van der Waals surface area contributed by atoms with Crippen LogP contribution in [0.25, 0.3) is 0 Å². The second-order valence-corrected chi connectivity index (χ2v) is 11.5. The van der Waals surface area contributed by atoms with Crippen LogP contribution >= 0.6 is 0 Å². The maximum atomic E-state index is 13.0. The zero-order chi connectivity index (χ0) is 27.4. The number of aliphatic carboxylic acids is 1. The summed E-state index contributed by atoms with van der Waals surface area (Å²) >= 11 is 0. The minimum Gasteiger partial charge on any atom is -0.480 e. The number of carbonyl (C=O) groups excluding carboxylic acids is 1. The number of carbonyl (C=O) groups is 2. The van der Waals surface area contributed by atoms with E-state index in [2.05, 4.69) is 31.4 Å². The highest BCUT2D eigenvalue weighted by molar-refractivity contribution is 7.89. The number of benzene rings is 1. The zero-order valence-electron chi connectivity index (χ0n) is 21.7. The normalized spacial score (nSPS) is 15.8. The Bertz CT molecular complexity index is 1430. The number of carboxylic acids is 1. The number of sulfonamides is 1. The summed E-state index contributed by atoms with van der Waals surface area (Å²) in [5.41, 5.74) is 4.39. The Balaban J connectivity index is 1.33. The number of aromatic nitrogens is 2. The van der Waals surface area contributed by atoms with E-state index in [1.54, 1.807) is 44.4 Å². The second kappa shape index (κ2) is 11.4. The van der Waals surface area contributed by atoms with Gasteiger partial charge < -0.3 is 20.7 Å². The van der Waals surface area contributed by atoms with E-state index >= 15 is 0 Å². The molecule has 2 aromatic heterocycles. The molecule has 38 heavy (non-hydrogen) atoms. The molecular formula is C27H33N5O5S. The van der Waals surface area contributed by atoms with Crippen molar-refractivity contribution in [1.82, 2.24) is 20.0 Å². The van der Waals surface area contributed by atoms with Gasteiger partial charge in [-0.1, -0.05) is 23.8 Å². The summed E-state index contributed by atoms with van der Waals surface area (Å²) in [7, 11) is -4.13. The quantitative estimate of drug-likeness (QED) is 0.265. The molecule has 0 saturated heterocycles. The number of nitrogens with one attached hydrogen (secondary N) is 4. The molecule has 11 heteroatoms. The molecule has 0 fully saturated rings. The topological polar surface area (TPSA) is 153 Å². The number of anilines is 1. The highest BCUT2D eigenvalue weighted by atomic mass is 32.2. The number of rotatable bonds is 10. The van der Waals surface area contributed by atoms with Crippen LogP contribution in [0.1, 0.15) is 51.1 Å². The van der Waals surface area contributed by atoms with Gasteiger partial charge in [0.25, 0.3) is 5.91 Å². The van der Waals surface area contributed by atoms with Crippen molar-refractivity contribution in [2.75, 3.05) is 11.9 Å². The third-order valence-corrected chi connectivity index (χ3v) is 8.48. The predicted octanol–water partition coefficient (Wildman–Crippen LogP) is 2.86. The molecule has 0 spiro atoms. The van der Waals surface area contributed by atoms with Gasteiger partial charge in [-0.25, -0.2) is 13.4 Å². The molecule has 0 bridgehead atoms. The van der Waals surface area contributed by atoms with Crippen molar-refractivity contribution in [3.05, 3.63) is 76.2 Å². The van der Waals surface area contributed by atoms with E-state index in [0.717, 1.165) is 42.6 Å². The maximum Gasteiger partial charge on any atom is 0.323 e. The molecule has 0 aliphatic carbocycles. The number of hydrogen-bond acceptors (Lipinski definition) is 6. The number of aryl methyl sites for hydroxylation is 5. The molecule has 3 aromatic rings. The van der Waals surface area contributed by atoms with Gasteiger partial charge in [0, 0.05) is 25.0 Å². The van der Waals surface area contributed by atoms with E-state index in [1.165, 1.54) is 5.56 Å². The van der Waals surface area contributed by atoms with Crippen molar-refractivity contribution in [3.8, 4) is 0 Å². The highest BCUT2D eigenvalue weighted by Gasteiger charge is 2.28. The van der Waals surface area contributed by atoms with Gasteiger partial charge in [-0.2, -0.15) is 4.72 Å². The summed E-state index contributed by atoms with van der Waals surface area (Å²) in [5, 5.41) is 15.6. The SMILES string of the molecule is Cc1cc(C)c(S(=O)(=O)NC(CNC(=O)c2cc(CCC3CCc4cccnc4N3)c[nH]2)C(=O)O)c(C)c1. The zero-order valence-corrected chi connectivity index (χ0v) is 22.5. The molecule has 2 unspecified atom stereocenters. The van der Waals surface area contributed by atoms with E-state index in [-0.39, 0.29) is 16.6 Å². The summed E-state index contributed by atoms with van der Waals surface area (Å²) in [4.78, 5) is 31.8. The first-order chi connectivity index (χ1) is 18.0. The van der Waals surface area contributed by atoms with E-state index in [0.29, 0.717) is 11.1 Å². The van der Waals surface area contributed by atoms with Crippen molar-refractivity contribution in [2.24, 2.45) is 0 Å². The number of pyridine rings is 1. The number of carboxylic acid groups (broad SMARTS) is 1. The lowest BCUT2D eigenvalue weighted by atomic mass is 9.96. The summed E-state index contributed by atoms with van der Waals surface area (Å²) in [5.74, 6) is -0.980. The largest absolute Gasteiger partial charge is 0.480 e. The standard InChI is InChI=1S/C27H33N5O5S/c1-16-11-17(2)24(18(3)12-16)38(36,37)32-23(27(34)35)15-30-26(33)22-13-19(14-29-22)6-8-21-9-7-20-5-4-10-28-25(20)31-21/h4-5,10-14,21,23,29,32H,6-9,15H2,1-3H3,(H,28,31)(H,30,33)(H,34,35). The van der Waals surface area contributed by atoms with Crippen molar-refractivity contribution in [1.29, 1.82) is 0 Å². The fraction of sp³-hybridized carbons (Fsp3) is 0.370. The molecule has 1 aliphatic rings. The minimum absolute atomic E-state index is 0.0430. The molecule has 5 N–H and O–H groups in total. The van der Waals surface area contributed by atoms with E-state index < -0.39 is 34.5 Å². The predicted molar refractivity (Wildman–Crippen MR) is 144 cm³/mol. The van der Waals surface area contributed by atoms with Gasteiger partial charge in [0.15, 0.2) is 0 Å². The van der Waals surface area contributed by atoms with Crippen LogP contribution in [0.3, 0.4) is 0 Å². The van der Waals surface area contributed by atoms with Crippen LogP contribution in [0.2, 0.25) is 0 Å². The molecule has 4 rings (SSSR count). The summed E-state index contributed by atoms with van der Waals surface area (Å²) in [6, 6.07) is 7.94. The Hall–Kier alpha value is -3.70. The van der Waals surface area contributed by atoms with Gasteiger partial charge in [0.05, 0.1) is 4.90 Å². The molecule has 1 amide bonds. The summed E-state index contributed by atoms with van der Waals surface area (Å²) in [6.45, 7) is 4.77. The Kier molecular flexibility index (Phi) is 8.17. The van der Waals surface area contributed by atoms with E-state index in [9.17, 15) is 23.1 Å². The second-order valence-electron chi connectivity index (χ2n) is 9.80. The molecule has 1 aliphatic heterocycles. The van der Waals surface area contributed by atoms with Crippen molar-refractivity contribution >= 4 is 27.7 Å². The Morgan fingerprint density at radius 1 is 1.18 bits per heavy atom. The van der Waals surface area contributed by atoms with Crippen LogP contribution in [-0.4, -0.2) is 54.0 Å². The summed E-state index contributed by atoms with van der Waals surface area (Å²) < 4.78 is 28.2. The molecule has 10 nitrogen and oxygen atoms in total.